The zero-order valence-electron chi connectivity index (χ0n) is 18.8. The van der Waals surface area contributed by atoms with Gasteiger partial charge in [0.15, 0.2) is 11.5 Å². The molecule has 0 amide bonds. The van der Waals surface area contributed by atoms with E-state index < -0.39 is 17.8 Å². The van der Waals surface area contributed by atoms with Crippen molar-refractivity contribution in [3.8, 4) is 11.5 Å². The normalized spacial score (nSPS) is 16.4. The van der Waals surface area contributed by atoms with Gasteiger partial charge in [0, 0.05) is 32.4 Å². The molecular weight excluding hydrogens is 439 g/mol. The summed E-state index contributed by atoms with van der Waals surface area (Å²) in [4.78, 5) is 8.10. The van der Waals surface area contributed by atoms with Crippen molar-refractivity contribution in [3.05, 3.63) is 47.7 Å². The molecule has 182 valence electrons. The molecule has 7 nitrogen and oxygen atoms in total. The number of hydrogen-bond donors (Lipinski definition) is 1. The molecule has 1 aliphatic rings. The quantitative estimate of drug-likeness (QED) is 0.605. The molecule has 2 aromatic rings. The smallest absolute Gasteiger partial charge is 0.417 e. The van der Waals surface area contributed by atoms with Crippen molar-refractivity contribution in [1.29, 1.82) is 0 Å². The number of β-amino-alcohol motifs (C(OH)–C–C–N with tert-alkyl or cyclic N) is 1. The van der Waals surface area contributed by atoms with Crippen LogP contribution < -0.4 is 14.4 Å². The third-order valence-corrected chi connectivity index (χ3v) is 5.48. The lowest BCUT2D eigenvalue weighted by Crippen LogP contribution is -2.37. The Bertz CT molecular complexity index is 880. The monoisotopic (exact) mass is 469 g/mol. The maximum atomic E-state index is 12.7. The number of aliphatic hydroxyl groups excluding tert-OH is 1. The van der Waals surface area contributed by atoms with Crippen LogP contribution in [0.4, 0.5) is 19.0 Å². The van der Waals surface area contributed by atoms with Crippen LogP contribution in [-0.2, 0) is 17.5 Å². The average molecular weight is 470 g/mol. The lowest BCUT2D eigenvalue weighted by atomic mass is 10.2. The molecule has 1 N–H and O–H groups in total. The van der Waals surface area contributed by atoms with E-state index in [9.17, 15) is 18.3 Å². The minimum Gasteiger partial charge on any atom is -0.493 e. The van der Waals surface area contributed by atoms with Gasteiger partial charge in [0.1, 0.15) is 5.82 Å². The van der Waals surface area contributed by atoms with E-state index >= 15 is 0 Å². The summed E-state index contributed by atoms with van der Waals surface area (Å²) in [7, 11) is 3.15. The van der Waals surface area contributed by atoms with E-state index in [0.717, 1.165) is 30.8 Å². The first-order valence-electron chi connectivity index (χ1n) is 10.8. The first kappa shape index (κ1) is 25.1. The lowest BCUT2D eigenvalue weighted by Gasteiger charge is -2.24. The van der Waals surface area contributed by atoms with Crippen molar-refractivity contribution in [2.75, 3.05) is 58.5 Å². The van der Waals surface area contributed by atoms with Crippen molar-refractivity contribution >= 4 is 5.82 Å². The van der Waals surface area contributed by atoms with Gasteiger partial charge in [-0.05, 0) is 42.8 Å². The number of methoxy groups -OCH3 is 2. The summed E-state index contributed by atoms with van der Waals surface area (Å²) in [6.07, 6.45) is -3.35. The van der Waals surface area contributed by atoms with Crippen LogP contribution in [0.3, 0.4) is 0 Å². The number of benzene rings is 1. The van der Waals surface area contributed by atoms with Crippen molar-refractivity contribution in [2.24, 2.45) is 0 Å². The number of aliphatic hydroxyl groups is 1. The SMILES string of the molecule is COc1ccc(COC[C@@H](O)CN2CCCN(c3ccc(C(F)(F)F)cn3)CC2)cc1OC. The van der Waals surface area contributed by atoms with Crippen molar-refractivity contribution < 1.29 is 32.5 Å². The maximum absolute atomic E-state index is 12.7. The zero-order chi connectivity index (χ0) is 23.8. The molecule has 1 saturated heterocycles. The summed E-state index contributed by atoms with van der Waals surface area (Å²) in [5.74, 6) is 1.79. The fourth-order valence-corrected chi connectivity index (χ4v) is 3.76. The van der Waals surface area contributed by atoms with Crippen LogP contribution in [0.1, 0.15) is 17.5 Å². The lowest BCUT2D eigenvalue weighted by molar-refractivity contribution is -0.137. The molecule has 0 spiro atoms. The molecule has 1 aromatic heterocycles. The van der Waals surface area contributed by atoms with Gasteiger partial charge in [-0.2, -0.15) is 13.2 Å². The highest BCUT2D eigenvalue weighted by molar-refractivity contribution is 5.42. The Hall–Kier alpha value is -2.56. The summed E-state index contributed by atoms with van der Waals surface area (Å²) in [6, 6.07) is 8.00. The van der Waals surface area contributed by atoms with Crippen LogP contribution in [-0.4, -0.2) is 74.6 Å². The van der Waals surface area contributed by atoms with Gasteiger partial charge in [-0.1, -0.05) is 6.07 Å². The zero-order valence-corrected chi connectivity index (χ0v) is 18.8. The van der Waals surface area contributed by atoms with Crippen LogP contribution in [0.25, 0.3) is 0 Å². The van der Waals surface area contributed by atoms with E-state index in [2.05, 4.69) is 9.88 Å². The van der Waals surface area contributed by atoms with Crippen LogP contribution >= 0.6 is 0 Å². The first-order chi connectivity index (χ1) is 15.8. The van der Waals surface area contributed by atoms with Gasteiger partial charge in [0.05, 0.1) is 39.1 Å². The van der Waals surface area contributed by atoms with E-state index in [-0.39, 0.29) is 6.61 Å². The summed E-state index contributed by atoms with van der Waals surface area (Å²) >= 11 is 0. The second-order valence-corrected chi connectivity index (χ2v) is 7.90. The van der Waals surface area contributed by atoms with Gasteiger partial charge in [0.25, 0.3) is 0 Å². The fraction of sp³-hybridized carbons (Fsp3) is 0.522. The number of alkyl halides is 3. The van der Waals surface area contributed by atoms with Crippen LogP contribution in [0.2, 0.25) is 0 Å². The molecule has 0 bridgehead atoms. The van der Waals surface area contributed by atoms with Gasteiger partial charge in [-0.25, -0.2) is 4.98 Å². The highest BCUT2D eigenvalue weighted by Gasteiger charge is 2.31. The number of hydrogen-bond acceptors (Lipinski definition) is 7. The molecule has 10 heteroatoms. The Labute approximate surface area is 191 Å². The second-order valence-electron chi connectivity index (χ2n) is 7.90. The van der Waals surface area contributed by atoms with Crippen molar-refractivity contribution in [3.63, 3.8) is 0 Å². The standard InChI is InChI=1S/C23H30F3N3O4/c1-31-20-6-4-17(12-21(20)32-2)15-33-16-19(30)14-28-8-3-9-29(11-10-28)22-7-5-18(13-27-22)23(24,25)26/h4-7,12-13,19,30H,3,8-11,14-16H2,1-2H3/t19-/m0/s1. The van der Waals surface area contributed by atoms with E-state index in [0.29, 0.717) is 50.1 Å². The van der Waals surface area contributed by atoms with Gasteiger partial charge >= 0.3 is 6.18 Å². The Morgan fingerprint density at radius 1 is 1.03 bits per heavy atom. The van der Waals surface area contributed by atoms with E-state index in [4.69, 9.17) is 14.2 Å². The molecule has 1 aliphatic heterocycles. The Balaban J connectivity index is 1.43. The molecule has 0 aliphatic carbocycles. The minimum atomic E-state index is -4.39. The summed E-state index contributed by atoms with van der Waals surface area (Å²) in [5, 5.41) is 10.4. The van der Waals surface area contributed by atoms with E-state index in [1.54, 1.807) is 14.2 Å². The van der Waals surface area contributed by atoms with Gasteiger partial charge in [-0.15, -0.1) is 0 Å². The molecule has 0 saturated carbocycles. The van der Waals surface area contributed by atoms with Gasteiger partial charge < -0.3 is 24.2 Å². The van der Waals surface area contributed by atoms with Gasteiger partial charge in [0.2, 0.25) is 0 Å². The molecule has 33 heavy (non-hydrogen) atoms. The Morgan fingerprint density at radius 2 is 1.82 bits per heavy atom. The summed E-state index contributed by atoms with van der Waals surface area (Å²) in [5.41, 5.74) is 0.160. The number of anilines is 1. The molecule has 1 atom stereocenters. The largest absolute Gasteiger partial charge is 0.493 e. The fourth-order valence-electron chi connectivity index (χ4n) is 3.76. The topological polar surface area (TPSA) is 67.3 Å². The molecule has 0 unspecified atom stereocenters. The van der Waals surface area contributed by atoms with E-state index in [1.807, 2.05) is 23.1 Å². The molecule has 2 heterocycles. The maximum Gasteiger partial charge on any atom is 0.417 e. The third kappa shape index (κ3) is 7.21. The van der Waals surface area contributed by atoms with Crippen LogP contribution in [0.5, 0.6) is 11.5 Å². The average Bonchev–Trinajstić information content (AvgIpc) is 3.04. The minimum absolute atomic E-state index is 0.190. The van der Waals surface area contributed by atoms with Crippen molar-refractivity contribution in [1.82, 2.24) is 9.88 Å². The number of aromatic nitrogens is 1. The second kappa shape index (κ2) is 11.5. The molecular formula is C23H30F3N3O4. The molecule has 0 radical (unpaired) electrons. The number of nitrogens with zero attached hydrogens (tertiary/aromatic N) is 3. The first-order valence-corrected chi connectivity index (χ1v) is 10.8. The van der Waals surface area contributed by atoms with Crippen molar-refractivity contribution in [2.45, 2.75) is 25.3 Å². The molecule has 1 fully saturated rings. The van der Waals surface area contributed by atoms with Crippen LogP contribution in [0, 0.1) is 0 Å². The number of pyridine rings is 1. The highest BCUT2D eigenvalue weighted by atomic mass is 19.4. The van der Waals surface area contributed by atoms with Gasteiger partial charge in [-0.3, -0.25) is 4.90 Å². The Kier molecular flexibility index (Phi) is 8.76. The third-order valence-electron chi connectivity index (χ3n) is 5.48. The van der Waals surface area contributed by atoms with Crippen LogP contribution in [0.15, 0.2) is 36.5 Å². The molecule has 3 rings (SSSR count). The molecule has 1 aromatic carbocycles. The highest BCUT2D eigenvalue weighted by Crippen LogP contribution is 2.30. The number of rotatable bonds is 9. The predicted molar refractivity (Wildman–Crippen MR) is 118 cm³/mol. The van der Waals surface area contributed by atoms with E-state index in [1.165, 1.54) is 6.07 Å². The predicted octanol–water partition coefficient (Wildman–Crippen LogP) is 3.21. The number of ether oxygens (including phenoxy) is 3. The summed E-state index contributed by atoms with van der Waals surface area (Å²) < 4.78 is 54.4. The Morgan fingerprint density at radius 3 is 2.48 bits per heavy atom. The summed E-state index contributed by atoms with van der Waals surface area (Å²) in [6.45, 7) is 3.76. The number of halogens is 3.